The molecule has 0 aliphatic carbocycles. The van der Waals surface area contributed by atoms with E-state index in [2.05, 4.69) is 10.5 Å². The number of nitrogens with zero attached hydrogens (tertiary/aromatic N) is 4. The van der Waals surface area contributed by atoms with Crippen molar-refractivity contribution in [2.45, 2.75) is 19.8 Å². The summed E-state index contributed by atoms with van der Waals surface area (Å²) in [4.78, 5) is 10.9. The van der Waals surface area contributed by atoms with Gasteiger partial charge in [-0.25, -0.2) is 9.69 Å². The number of nitrogens with one attached hydrogen (secondary N) is 1. The molecule has 0 atom stereocenters. The van der Waals surface area contributed by atoms with Crippen molar-refractivity contribution in [3.63, 3.8) is 0 Å². The number of nitro groups is 1. The molecular weight excluding hydrogens is 250 g/mol. The second kappa shape index (κ2) is 5.98. The third-order valence-corrected chi connectivity index (χ3v) is 3.04. The molecule has 1 aliphatic rings. The Balaban J connectivity index is 2.24. The van der Waals surface area contributed by atoms with E-state index in [1.165, 1.54) is 0 Å². The van der Waals surface area contributed by atoms with Crippen LogP contribution in [0.25, 0.3) is 0 Å². The van der Waals surface area contributed by atoms with E-state index in [4.69, 9.17) is 4.74 Å². The highest BCUT2D eigenvalue weighted by molar-refractivity contribution is 5.59. The van der Waals surface area contributed by atoms with Gasteiger partial charge in [0.15, 0.2) is 0 Å². The van der Waals surface area contributed by atoms with Gasteiger partial charge in [-0.3, -0.25) is 15.5 Å². The number of hydrogen-bond acceptors (Lipinski definition) is 6. The molecule has 19 heavy (non-hydrogen) atoms. The molecule has 1 aromatic heterocycles. The molecule has 1 aliphatic heterocycles. The fourth-order valence-corrected chi connectivity index (χ4v) is 2.12. The SMILES string of the molecule is CCCc1nn(C)c(NN2CCOCC2)c1[N+](=O)[O-]. The van der Waals surface area contributed by atoms with Gasteiger partial charge >= 0.3 is 5.69 Å². The minimum Gasteiger partial charge on any atom is -0.379 e. The normalized spacial score (nSPS) is 16.5. The van der Waals surface area contributed by atoms with Crippen LogP contribution in [0, 0.1) is 10.1 Å². The maximum absolute atomic E-state index is 11.2. The Hall–Kier alpha value is -1.67. The summed E-state index contributed by atoms with van der Waals surface area (Å²) in [5, 5.41) is 17.4. The van der Waals surface area contributed by atoms with Crippen LogP contribution in [-0.2, 0) is 18.2 Å². The third-order valence-electron chi connectivity index (χ3n) is 3.04. The Morgan fingerprint density at radius 3 is 2.74 bits per heavy atom. The van der Waals surface area contributed by atoms with Gasteiger partial charge in [-0.05, 0) is 6.42 Å². The van der Waals surface area contributed by atoms with Crippen LogP contribution < -0.4 is 5.43 Å². The Labute approximate surface area is 111 Å². The van der Waals surface area contributed by atoms with Crippen LogP contribution in [0.3, 0.4) is 0 Å². The van der Waals surface area contributed by atoms with Crippen molar-refractivity contribution in [2.24, 2.45) is 7.05 Å². The van der Waals surface area contributed by atoms with Gasteiger partial charge in [-0.2, -0.15) is 5.10 Å². The fourth-order valence-electron chi connectivity index (χ4n) is 2.12. The summed E-state index contributed by atoms with van der Waals surface area (Å²) in [5.41, 5.74) is 3.70. The summed E-state index contributed by atoms with van der Waals surface area (Å²) >= 11 is 0. The van der Waals surface area contributed by atoms with E-state index in [9.17, 15) is 10.1 Å². The van der Waals surface area contributed by atoms with E-state index in [0.29, 0.717) is 44.2 Å². The number of anilines is 1. The minimum absolute atomic E-state index is 0.0795. The lowest BCUT2D eigenvalue weighted by molar-refractivity contribution is -0.384. The van der Waals surface area contributed by atoms with Crippen LogP contribution in [0.2, 0.25) is 0 Å². The summed E-state index contributed by atoms with van der Waals surface area (Å²) < 4.78 is 6.79. The molecule has 0 amide bonds. The largest absolute Gasteiger partial charge is 0.379 e. The van der Waals surface area contributed by atoms with Crippen molar-refractivity contribution >= 4 is 11.5 Å². The summed E-state index contributed by atoms with van der Waals surface area (Å²) in [7, 11) is 1.72. The molecule has 0 bridgehead atoms. The van der Waals surface area contributed by atoms with Crippen molar-refractivity contribution in [3.8, 4) is 0 Å². The smallest absolute Gasteiger partial charge is 0.335 e. The zero-order valence-electron chi connectivity index (χ0n) is 11.3. The molecule has 0 radical (unpaired) electrons. The molecule has 2 heterocycles. The first-order chi connectivity index (χ1) is 9.13. The van der Waals surface area contributed by atoms with Gasteiger partial charge < -0.3 is 4.74 Å². The average molecular weight is 269 g/mol. The first kappa shape index (κ1) is 13.8. The first-order valence-electron chi connectivity index (χ1n) is 6.43. The minimum atomic E-state index is -0.360. The predicted molar refractivity (Wildman–Crippen MR) is 69.9 cm³/mol. The number of rotatable bonds is 5. The van der Waals surface area contributed by atoms with E-state index in [1.807, 2.05) is 11.9 Å². The quantitative estimate of drug-likeness (QED) is 0.632. The van der Waals surface area contributed by atoms with Crippen LogP contribution in [0.4, 0.5) is 11.5 Å². The summed E-state index contributed by atoms with van der Waals surface area (Å²) in [5.74, 6) is 0.440. The lowest BCUT2D eigenvalue weighted by Gasteiger charge is -2.27. The number of aryl methyl sites for hydroxylation is 2. The standard InChI is InChI=1S/C11H19N5O3/c1-3-4-9-10(16(17)18)11(14(2)12-9)13-15-5-7-19-8-6-15/h13H,3-8H2,1-2H3. The number of aromatic nitrogens is 2. The maximum atomic E-state index is 11.2. The molecule has 0 unspecified atom stereocenters. The van der Waals surface area contributed by atoms with Crippen LogP contribution >= 0.6 is 0 Å². The molecule has 2 rings (SSSR count). The van der Waals surface area contributed by atoms with Crippen LogP contribution in [0.5, 0.6) is 0 Å². The molecule has 0 aromatic carbocycles. The molecular formula is C11H19N5O3. The van der Waals surface area contributed by atoms with Gasteiger partial charge in [0.2, 0.25) is 5.82 Å². The van der Waals surface area contributed by atoms with Crippen molar-refractivity contribution < 1.29 is 9.66 Å². The second-order valence-corrected chi connectivity index (χ2v) is 4.49. The Bertz CT molecular complexity index is 453. The van der Waals surface area contributed by atoms with Gasteiger partial charge in [0.1, 0.15) is 5.69 Å². The van der Waals surface area contributed by atoms with E-state index < -0.39 is 0 Å². The Morgan fingerprint density at radius 2 is 2.16 bits per heavy atom. The van der Waals surface area contributed by atoms with E-state index >= 15 is 0 Å². The van der Waals surface area contributed by atoms with Crippen LogP contribution in [-0.4, -0.2) is 46.0 Å². The highest BCUT2D eigenvalue weighted by Gasteiger charge is 2.27. The molecule has 1 aromatic rings. The molecule has 1 fully saturated rings. The highest BCUT2D eigenvalue weighted by atomic mass is 16.6. The zero-order chi connectivity index (χ0) is 13.8. The lowest BCUT2D eigenvalue weighted by Crippen LogP contribution is -2.40. The fraction of sp³-hybridized carbons (Fsp3) is 0.727. The summed E-state index contributed by atoms with van der Waals surface area (Å²) in [6.45, 7) is 4.63. The molecule has 8 nitrogen and oxygen atoms in total. The van der Waals surface area contributed by atoms with Gasteiger partial charge in [0.25, 0.3) is 0 Å². The third kappa shape index (κ3) is 3.02. The second-order valence-electron chi connectivity index (χ2n) is 4.49. The molecule has 1 saturated heterocycles. The molecule has 1 N–H and O–H groups in total. The van der Waals surface area contributed by atoms with Gasteiger partial charge in [-0.15, -0.1) is 0 Å². The lowest BCUT2D eigenvalue weighted by atomic mass is 10.2. The van der Waals surface area contributed by atoms with Crippen molar-refractivity contribution in [1.82, 2.24) is 14.8 Å². The van der Waals surface area contributed by atoms with Crippen molar-refractivity contribution in [3.05, 3.63) is 15.8 Å². The summed E-state index contributed by atoms with van der Waals surface area (Å²) in [6.07, 6.45) is 1.43. The monoisotopic (exact) mass is 269 g/mol. The Morgan fingerprint density at radius 1 is 1.47 bits per heavy atom. The Kier molecular flexibility index (Phi) is 4.33. The van der Waals surface area contributed by atoms with Crippen LogP contribution in [0.1, 0.15) is 19.0 Å². The number of morpholine rings is 1. The molecule has 106 valence electrons. The number of hydrogen-bond donors (Lipinski definition) is 1. The van der Waals surface area contributed by atoms with E-state index in [0.717, 1.165) is 6.42 Å². The van der Waals surface area contributed by atoms with Gasteiger partial charge in [0, 0.05) is 20.1 Å². The van der Waals surface area contributed by atoms with Gasteiger partial charge in [-0.1, -0.05) is 13.3 Å². The highest BCUT2D eigenvalue weighted by Crippen LogP contribution is 2.29. The average Bonchev–Trinajstić information content (AvgIpc) is 2.68. The predicted octanol–water partition coefficient (Wildman–Crippen LogP) is 0.940. The van der Waals surface area contributed by atoms with E-state index in [1.54, 1.807) is 11.7 Å². The molecule has 8 heteroatoms. The summed E-state index contributed by atoms with van der Waals surface area (Å²) in [6, 6.07) is 0. The topological polar surface area (TPSA) is 85.5 Å². The molecule has 0 spiro atoms. The maximum Gasteiger partial charge on any atom is 0.335 e. The van der Waals surface area contributed by atoms with E-state index in [-0.39, 0.29) is 10.6 Å². The van der Waals surface area contributed by atoms with Crippen molar-refractivity contribution in [2.75, 3.05) is 31.7 Å². The van der Waals surface area contributed by atoms with Gasteiger partial charge in [0.05, 0.1) is 18.1 Å². The van der Waals surface area contributed by atoms with Crippen LogP contribution in [0.15, 0.2) is 0 Å². The molecule has 0 saturated carbocycles. The first-order valence-corrected chi connectivity index (χ1v) is 6.43. The zero-order valence-corrected chi connectivity index (χ0v) is 11.3. The van der Waals surface area contributed by atoms with Crippen molar-refractivity contribution in [1.29, 1.82) is 0 Å². The number of hydrazine groups is 1. The number of ether oxygens (including phenoxy) is 1.